The number of halogens is 5. The van der Waals surface area contributed by atoms with Gasteiger partial charge >= 0.3 is 6.18 Å². The van der Waals surface area contributed by atoms with Crippen molar-refractivity contribution in [3.8, 4) is 6.07 Å². The first-order valence-corrected chi connectivity index (χ1v) is 9.76. The van der Waals surface area contributed by atoms with E-state index < -0.39 is 18.5 Å². The van der Waals surface area contributed by atoms with Gasteiger partial charge in [0.25, 0.3) is 0 Å². The van der Waals surface area contributed by atoms with Crippen LogP contribution in [0.25, 0.3) is 0 Å². The van der Waals surface area contributed by atoms with Crippen molar-refractivity contribution < 1.29 is 17.6 Å². The van der Waals surface area contributed by atoms with E-state index in [1.54, 1.807) is 6.92 Å². The summed E-state index contributed by atoms with van der Waals surface area (Å²) in [5.74, 6) is 0.295. The van der Waals surface area contributed by atoms with E-state index in [9.17, 15) is 17.6 Å². The second kappa shape index (κ2) is 12.3. The number of alkyl halides is 3. The minimum Gasteiger partial charge on any atom is -0.357 e. The Kier molecular flexibility index (Phi) is 10.8. The Morgan fingerprint density at radius 2 is 2.10 bits per heavy atom. The van der Waals surface area contributed by atoms with Crippen LogP contribution in [0.4, 0.5) is 17.6 Å². The molecule has 1 fully saturated rings. The summed E-state index contributed by atoms with van der Waals surface area (Å²) in [6.07, 6.45) is -3.43. The van der Waals surface area contributed by atoms with Gasteiger partial charge in [0.1, 0.15) is 5.82 Å². The van der Waals surface area contributed by atoms with Crippen LogP contribution >= 0.6 is 24.0 Å². The molecule has 1 aromatic rings. The van der Waals surface area contributed by atoms with E-state index in [2.05, 4.69) is 10.3 Å². The summed E-state index contributed by atoms with van der Waals surface area (Å²) in [6, 6.07) is 6.13. The predicted octanol–water partition coefficient (Wildman–Crippen LogP) is 3.99. The lowest BCUT2D eigenvalue weighted by atomic mass is 10.1. The van der Waals surface area contributed by atoms with Crippen LogP contribution < -0.4 is 5.32 Å². The predicted molar refractivity (Wildman–Crippen MR) is 119 cm³/mol. The summed E-state index contributed by atoms with van der Waals surface area (Å²) in [5, 5.41) is 12.1. The van der Waals surface area contributed by atoms with Crippen LogP contribution in [0.3, 0.4) is 0 Å². The van der Waals surface area contributed by atoms with Gasteiger partial charge in [-0.15, -0.1) is 24.0 Å². The van der Waals surface area contributed by atoms with Gasteiger partial charge in [-0.25, -0.2) is 9.38 Å². The van der Waals surface area contributed by atoms with E-state index in [4.69, 9.17) is 5.26 Å². The number of rotatable bonds is 7. The number of nitrogens with zero attached hydrogens (tertiary/aromatic N) is 4. The molecule has 1 heterocycles. The number of likely N-dealkylation sites (tertiary alicyclic amines) is 1. The Hall–Kier alpha value is -1.61. The summed E-state index contributed by atoms with van der Waals surface area (Å²) in [7, 11) is 0. The Morgan fingerprint density at radius 1 is 1.37 bits per heavy atom. The molecule has 1 atom stereocenters. The standard InChI is InChI=1S/C20H27F4N5.HI/c1-3-26-19(27-11-17-9-15(10-25)5-6-18(17)21)29-8-7-16(13-29)12-28(4-2)14-20(22,23)24;/h5-6,9,16H,3-4,7-8,11-14H2,1-2H3,(H,26,27);1H. The topological polar surface area (TPSA) is 54.7 Å². The summed E-state index contributed by atoms with van der Waals surface area (Å²) < 4.78 is 52.1. The molecule has 30 heavy (non-hydrogen) atoms. The maximum atomic E-state index is 14.0. The smallest absolute Gasteiger partial charge is 0.357 e. The van der Waals surface area contributed by atoms with E-state index in [-0.39, 0.29) is 36.4 Å². The zero-order chi connectivity index (χ0) is 21.4. The van der Waals surface area contributed by atoms with Crippen molar-refractivity contribution in [2.45, 2.75) is 33.0 Å². The van der Waals surface area contributed by atoms with Crippen LogP contribution in [0.1, 0.15) is 31.4 Å². The molecular formula is C20H28F4IN5. The summed E-state index contributed by atoms with van der Waals surface area (Å²) in [5.41, 5.74) is 0.699. The summed E-state index contributed by atoms with van der Waals surface area (Å²) in [4.78, 5) is 7.90. The lowest BCUT2D eigenvalue weighted by molar-refractivity contribution is -0.146. The number of aliphatic imine (C=N–C) groups is 1. The van der Waals surface area contributed by atoms with Gasteiger partial charge in [0, 0.05) is 31.7 Å². The first-order chi connectivity index (χ1) is 13.8. The molecule has 1 aromatic carbocycles. The third kappa shape index (κ3) is 8.26. The Balaban J connectivity index is 0.00000450. The molecule has 10 heteroatoms. The number of benzene rings is 1. The molecule has 2 rings (SSSR count). The van der Waals surface area contributed by atoms with E-state index in [0.29, 0.717) is 49.8 Å². The average molecular weight is 541 g/mol. The molecule has 0 radical (unpaired) electrons. The molecule has 0 amide bonds. The zero-order valence-electron chi connectivity index (χ0n) is 17.2. The number of guanidine groups is 1. The lowest BCUT2D eigenvalue weighted by Crippen LogP contribution is -2.41. The van der Waals surface area contributed by atoms with Crippen molar-refractivity contribution in [3.05, 3.63) is 35.1 Å². The highest BCUT2D eigenvalue weighted by molar-refractivity contribution is 14.0. The molecule has 1 unspecified atom stereocenters. The fourth-order valence-electron chi connectivity index (χ4n) is 3.45. The summed E-state index contributed by atoms with van der Waals surface area (Å²) >= 11 is 0. The van der Waals surface area contributed by atoms with Crippen LogP contribution in [-0.4, -0.2) is 61.2 Å². The Labute approximate surface area is 192 Å². The maximum Gasteiger partial charge on any atom is 0.401 e. The molecule has 0 bridgehead atoms. The van der Waals surface area contributed by atoms with Gasteiger partial charge in [-0.2, -0.15) is 18.4 Å². The van der Waals surface area contributed by atoms with Gasteiger partial charge < -0.3 is 10.2 Å². The molecule has 1 aliphatic heterocycles. The second-order valence-electron chi connectivity index (χ2n) is 7.13. The summed E-state index contributed by atoms with van der Waals surface area (Å²) in [6.45, 7) is 5.46. The highest BCUT2D eigenvalue weighted by Gasteiger charge is 2.33. The fourth-order valence-corrected chi connectivity index (χ4v) is 3.45. The first-order valence-electron chi connectivity index (χ1n) is 9.76. The normalized spacial score (nSPS) is 17.1. The van der Waals surface area contributed by atoms with Crippen LogP contribution in [0.2, 0.25) is 0 Å². The molecule has 1 saturated heterocycles. The highest BCUT2D eigenvalue weighted by atomic mass is 127. The van der Waals surface area contributed by atoms with E-state index >= 15 is 0 Å². The van der Waals surface area contributed by atoms with Crippen molar-refractivity contribution >= 4 is 29.9 Å². The third-order valence-corrected chi connectivity index (χ3v) is 4.86. The number of nitrogens with one attached hydrogen (secondary N) is 1. The first kappa shape index (κ1) is 26.4. The van der Waals surface area contributed by atoms with Crippen LogP contribution in [-0.2, 0) is 6.54 Å². The third-order valence-electron chi connectivity index (χ3n) is 4.86. The molecular weight excluding hydrogens is 513 g/mol. The molecule has 0 aromatic heterocycles. The fraction of sp³-hybridized carbons (Fsp3) is 0.600. The van der Waals surface area contributed by atoms with Crippen molar-refractivity contribution in [2.75, 3.05) is 39.3 Å². The minimum atomic E-state index is -4.20. The van der Waals surface area contributed by atoms with Gasteiger partial charge in [0.2, 0.25) is 0 Å². The van der Waals surface area contributed by atoms with Gasteiger partial charge in [-0.1, -0.05) is 6.92 Å². The van der Waals surface area contributed by atoms with Gasteiger partial charge in [0.15, 0.2) is 5.96 Å². The molecule has 0 saturated carbocycles. The van der Waals surface area contributed by atoms with Gasteiger partial charge in [-0.3, -0.25) is 4.90 Å². The SMILES string of the molecule is CCNC(=NCc1cc(C#N)ccc1F)N1CCC(CN(CC)CC(F)(F)F)C1.I. The molecule has 0 spiro atoms. The van der Waals surface area contributed by atoms with E-state index in [1.807, 2.05) is 17.9 Å². The van der Waals surface area contributed by atoms with Crippen LogP contribution in [0, 0.1) is 23.1 Å². The van der Waals surface area contributed by atoms with Crippen LogP contribution in [0.5, 0.6) is 0 Å². The number of nitriles is 1. The maximum absolute atomic E-state index is 14.0. The van der Waals surface area contributed by atoms with Gasteiger partial charge in [-0.05, 0) is 44.0 Å². The van der Waals surface area contributed by atoms with Crippen molar-refractivity contribution in [2.24, 2.45) is 10.9 Å². The Bertz CT molecular complexity index is 748. The minimum absolute atomic E-state index is 0. The largest absolute Gasteiger partial charge is 0.401 e. The van der Waals surface area contributed by atoms with Crippen molar-refractivity contribution in [1.29, 1.82) is 5.26 Å². The monoisotopic (exact) mass is 541 g/mol. The molecule has 5 nitrogen and oxygen atoms in total. The quantitative estimate of drug-likeness (QED) is 0.246. The van der Waals surface area contributed by atoms with E-state index in [0.717, 1.165) is 6.42 Å². The van der Waals surface area contributed by atoms with Crippen molar-refractivity contribution in [1.82, 2.24) is 15.1 Å². The van der Waals surface area contributed by atoms with Crippen LogP contribution in [0.15, 0.2) is 23.2 Å². The average Bonchev–Trinajstić information content (AvgIpc) is 3.13. The van der Waals surface area contributed by atoms with Crippen molar-refractivity contribution in [3.63, 3.8) is 0 Å². The number of hydrogen-bond donors (Lipinski definition) is 1. The lowest BCUT2D eigenvalue weighted by Gasteiger charge is -2.26. The molecule has 1 aliphatic rings. The zero-order valence-corrected chi connectivity index (χ0v) is 19.5. The Morgan fingerprint density at radius 3 is 2.70 bits per heavy atom. The van der Waals surface area contributed by atoms with Gasteiger partial charge in [0.05, 0.1) is 24.7 Å². The van der Waals surface area contributed by atoms with E-state index in [1.165, 1.54) is 23.1 Å². The second-order valence-corrected chi connectivity index (χ2v) is 7.13. The molecule has 1 N–H and O–H groups in total. The molecule has 0 aliphatic carbocycles. The number of hydrogen-bond acceptors (Lipinski definition) is 3. The molecule has 168 valence electrons. The highest BCUT2D eigenvalue weighted by Crippen LogP contribution is 2.21.